The van der Waals surface area contributed by atoms with E-state index in [1.165, 1.54) is 18.2 Å². The fraction of sp³-hybridized carbons (Fsp3) is 0.125. The third-order valence-electron chi connectivity index (χ3n) is 3.06. The van der Waals surface area contributed by atoms with E-state index >= 15 is 0 Å². The highest BCUT2D eigenvalue weighted by Gasteiger charge is 2.22. The number of benzene rings is 2. The molecule has 2 rings (SSSR count). The molecule has 1 amide bonds. The summed E-state index contributed by atoms with van der Waals surface area (Å²) in [7, 11) is 0. The van der Waals surface area contributed by atoms with Crippen molar-refractivity contribution in [1.82, 2.24) is 5.32 Å². The van der Waals surface area contributed by atoms with Gasteiger partial charge in [-0.15, -0.1) is 0 Å². The first-order valence-electron chi connectivity index (χ1n) is 6.50. The highest BCUT2D eigenvalue weighted by molar-refractivity contribution is 6.36. The molecule has 1 atom stereocenters. The molecule has 114 valence electrons. The van der Waals surface area contributed by atoms with Crippen LogP contribution in [0.1, 0.15) is 15.9 Å². The van der Waals surface area contributed by atoms with Crippen LogP contribution in [-0.2, 0) is 11.2 Å². The predicted molar refractivity (Wildman–Crippen MR) is 85.5 cm³/mol. The van der Waals surface area contributed by atoms with Gasteiger partial charge in [0.15, 0.2) is 0 Å². The summed E-state index contributed by atoms with van der Waals surface area (Å²) in [5, 5.41) is 12.3. The number of carboxylic acid groups (broad SMARTS) is 1. The molecule has 0 bridgehead atoms. The predicted octanol–water partition coefficient (Wildman–Crippen LogP) is 3.42. The van der Waals surface area contributed by atoms with Crippen molar-refractivity contribution in [3.63, 3.8) is 0 Å². The van der Waals surface area contributed by atoms with Gasteiger partial charge in [-0.05, 0) is 23.8 Å². The van der Waals surface area contributed by atoms with Crippen LogP contribution in [0.3, 0.4) is 0 Å². The minimum Gasteiger partial charge on any atom is -0.480 e. The number of rotatable bonds is 5. The van der Waals surface area contributed by atoms with Crippen LogP contribution in [0, 0.1) is 0 Å². The van der Waals surface area contributed by atoms with Gasteiger partial charge in [0.05, 0.1) is 10.6 Å². The Bertz CT molecular complexity index is 689. The first kappa shape index (κ1) is 16.3. The number of carbonyl (C=O) groups is 2. The first-order valence-corrected chi connectivity index (χ1v) is 7.25. The lowest BCUT2D eigenvalue weighted by atomic mass is 10.1. The zero-order valence-corrected chi connectivity index (χ0v) is 12.9. The summed E-state index contributed by atoms with van der Waals surface area (Å²) in [6.07, 6.45) is 0.188. The quantitative estimate of drug-likeness (QED) is 0.878. The average Bonchev–Trinajstić information content (AvgIpc) is 2.47. The number of nitrogens with one attached hydrogen (secondary N) is 1. The van der Waals surface area contributed by atoms with E-state index in [-0.39, 0.29) is 17.0 Å². The monoisotopic (exact) mass is 337 g/mol. The number of carboxylic acids is 1. The van der Waals surface area contributed by atoms with Crippen LogP contribution in [0.25, 0.3) is 0 Å². The Kier molecular flexibility index (Phi) is 5.41. The Morgan fingerprint density at radius 2 is 1.77 bits per heavy atom. The fourth-order valence-corrected chi connectivity index (χ4v) is 2.45. The lowest BCUT2D eigenvalue weighted by molar-refractivity contribution is -0.139. The molecule has 0 aliphatic carbocycles. The van der Waals surface area contributed by atoms with Gasteiger partial charge in [0, 0.05) is 11.4 Å². The van der Waals surface area contributed by atoms with E-state index in [9.17, 15) is 14.7 Å². The summed E-state index contributed by atoms with van der Waals surface area (Å²) in [5.41, 5.74) is 1.00. The van der Waals surface area contributed by atoms with Gasteiger partial charge in [-0.2, -0.15) is 0 Å². The smallest absolute Gasteiger partial charge is 0.326 e. The van der Waals surface area contributed by atoms with Crippen molar-refractivity contribution in [3.05, 3.63) is 69.7 Å². The molecule has 6 heteroatoms. The Hall–Kier alpha value is -2.04. The minimum absolute atomic E-state index is 0.175. The average molecular weight is 338 g/mol. The molecular weight excluding hydrogens is 325 g/mol. The largest absolute Gasteiger partial charge is 0.480 e. The molecule has 0 heterocycles. The van der Waals surface area contributed by atoms with Crippen LogP contribution in [0.5, 0.6) is 0 Å². The molecular formula is C16H13Cl2NO3. The summed E-state index contributed by atoms with van der Waals surface area (Å²) >= 11 is 11.7. The summed E-state index contributed by atoms with van der Waals surface area (Å²) in [6, 6.07) is 12.4. The van der Waals surface area contributed by atoms with Gasteiger partial charge in [-0.25, -0.2) is 4.79 Å². The van der Waals surface area contributed by atoms with Crippen molar-refractivity contribution < 1.29 is 14.7 Å². The molecule has 0 aliphatic heterocycles. The molecule has 0 saturated heterocycles. The topological polar surface area (TPSA) is 66.4 Å². The molecule has 4 nitrogen and oxygen atoms in total. The van der Waals surface area contributed by atoms with Gasteiger partial charge in [0.1, 0.15) is 6.04 Å². The number of halogens is 2. The van der Waals surface area contributed by atoms with Crippen molar-refractivity contribution in [2.45, 2.75) is 12.5 Å². The lowest BCUT2D eigenvalue weighted by Crippen LogP contribution is -2.42. The molecule has 2 N–H and O–H groups in total. The normalized spacial score (nSPS) is 11.7. The summed E-state index contributed by atoms with van der Waals surface area (Å²) in [5.74, 6) is -1.66. The van der Waals surface area contributed by atoms with Gasteiger partial charge in [-0.1, -0.05) is 53.5 Å². The van der Waals surface area contributed by atoms with Crippen molar-refractivity contribution in [3.8, 4) is 0 Å². The zero-order valence-electron chi connectivity index (χ0n) is 11.4. The van der Waals surface area contributed by atoms with Crippen LogP contribution < -0.4 is 5.32 Å². The van der Waals surface area contributed by atoms with Gasteiger partial charge < -0.3 is 10.4 Å². The fourth-order valence-electron chi connectivity index (χ4n) is 1.96. The molecule has 0 saturated carbocycles. The van der Waals surface area contributed by atoms with Gasteiger partial charge >= 0.3 is 5.97 Å². The molecule has 0 aliphatic rings. The van der Waals surface area contributed by atoms with Gasteiger partial charge in [0.25, 0.3) is 5.91 Å². The van der Waals surface area contributed by atoms with Crippen molar-refractivity contribution in [1.29, 1.82) is 0 Å². The maximum Gasteiger partial charge on any atom is 0.326 e. The van der Waals surface area contributed by atoms with Crippen molar-refractivity contribution in [2.24, 2.45) is 0 Å². The van der Waals surface area contributed by atoms with Crippen LogP contribution in [0.2, 0.25) is 10.0 Å². The van der Waals surface area contributed by atoms with E-state index < -0.39 is 17.9 Å². The Balaban J connectivity index is 2.14. The van der Waals surface area contributed by atoms with E-state index in [1.54, 1.807) is 12.1 Å². The zero-order chi connectivity index (χ0) is 16.1. The van der Waals surface area contributed by atoms with Crippen LogP contribution in [-0.4, -0.2) is 23.0 Å². The summed E-state index contributed by atoms with van der Waals surface area (Å²) in [4.78, 5) is 23.5. The maximum absolute atomic E-state index is 12.2. The molecule has 2 aromatic carbocycles. The SMILES string of the molecule is O=C(N[C@H](Cc1ccccc1)C(=O)O)c1ccc(Cl)cc1Cl. The van der Waals surface area contributed by atoms with Crippen LogP contribution in [0.15, 0.2) is 48.5 Å². The third kappa shape index (κ3) is 4.23. The van der Waals surface area contributed by atoms with Gasteiger partial charge in [-0.3, -0.25) is 4.79 Å². The van der Waals surface area contributed by atoms with E-state index in [0.29, 0.717) is 5.02 Å². The molecule has 0 aromatic heterocycles. The second-order valence-electron chi connectivity index (χ2n) is 4.68. The molecule has 0 spiro atoms. The number of aliphatic carboxylic acids is 1. The van der Waals surface area contributed by atoms with Gasteiger partial charge in [0.2, 0.25) is 0 Å². The number of amides is 1. The Morgan fingerprint density at radius 1 is 1.09 bits per heavy atom. The second-order valence-corrected chi connectivity index (χ2v) is 5.52. The highest BCUT2D eigenvalue weighted by Crippen LogP contribution is 2.21. The molecule has 0 fully saturated rings. The molecule has 0 radical (unpaired) electrons. The Morgan fingerprint density at radius 3 is 2.36 bits per heavy atom. The van der Waals surface area contributed by atoms with E-state index in [0.717, 1.165) is 5.56 Å². The standard InChI is InChI=1S/C16H13Cl2NO3/c17-11-6-7-12(13(18)9-11)15(20)19-14(16(21)22)8-10-4-2-1-3-5-10/h1-7,9,14H,8H2,(H,19,20)(H,21,22)/t14-/m1/s1. The summed E-state index contributed by atoms with van der Waals surface area (Å²) < 4.78 is 0. The number of hydrogen-bond donors (Lipinski definition) is 2. The second kappa shape index (κ2) is 7.29. The highest BCUT2D eigenvalue weighted by atomic mass is 35.5. The van der Waals surface area contributed by atoms with E-state index in [2.05, 4.69) is 5.32 Å². The summed E-state index contributed by atoms with van der Waals surface area (Å²) in [6.45, 7) is 0. The van der Waals surface area contributed by atoms with E-state index in [4.69, 9.17) is 23.2 Å². The van der Waals surface area contributed by atoms with Crippen molar-refractivity contribution in [2.75, 3.05) is 0 Å². The van der Waals surface area contributed by atoms with Crippen LogP contribution in [0.4, 0.5) is 0 Å². The number of carbonyl (C=O) groups excluding carboxylic acids is 1. The first-order chi connectivity index (χ1) is 10.5. The van der Waals surface area contributed by atoms with Crippen LogP contribution >= 0.6 is 23.2 Å². The molecule has 2 aromatic rings. The van der Waals surface area contributed by atoms with Crippen molar-refractivity contribution >= 4 is 35.1 Å². The maximum atomic E-state index is 12.2. The number of hydrogen-bond acceptors (Lipinski definition) is 2. The third-order valence-corrected chi connectivity index (χ3v) is 3.61. The molecule has 22 heavy (non-hydrogen) atoms. The molecule has 0 unspecified atom stereocenters. The minimum atomic E-state index is -1.11. The Labute approximate surface area is 137 Å². The lowest BCUT2D eigenvalue weighted by Gasteiger charge is -2.15. The van der Waals surface area contributed by atoms with E-state index in [1.807, 2.05) is 18.2 Å².